The van der Waals surface area contributed by atoms with Crippen LogP contribution >= 0.6 is 0 Å². The lowest BCUT2D eigenvalue weighted by atomic mass is 9.88. The van der Waals surface area contributed by atoms with Crippen LogP contribution in [0.1, 0.15) is 26.7 Å². The van der Waals surface area contributed by atoms with E-state index in [1.54, 1.807) is 13.8 Å². The third-order valence-corrected chi connectivity index (χ3v) is 3.47. The van der Waals surface area contributed by atoms with Crippen LogP contribution in [0.15, 0.2) is 24.5 Å². The fourth-order valence-electron chi connectivity index (χ4n) is 1.93. The van der Waals surface area contributed by atoms with E-state index in [0.29, 0.717) is 19.4 Å². The summed E-state index contributed by atoms with van der Waals surface area (Å²) in [6, 6.07) is -0.722. The van der Waals surface area contributed by atoms with E-state index in [1.165, 1.54) is 11.0 Å². The van der Waals surface area contributed by atoms with Crippen molar-refractivity contribution >= 4 is 17.6 Å². The average Bonchev–Trinajstić information content (AvgIpc) is 2.86. The molecular weight excluding hydrogens is 260 g/mol. The maximum absolute atomic E-state index is 12.0. The van der Waals surface area contributed by atoms with E-state index in [4.69, 9.17) is 5.73 Å². The van der Waals surface area contributed by atoms with Crippen LogP contribution in [-0.4, -0.2) is 40.2 Å². The predicted molar refractivity (Wildman–Crippen MR) is 73.6 cm³/mol. The second-order valence-corrected chi connectivity index (χ2v) is 5.38. The van der Waals surface area contributed by atoms with Gasteiger partial charge in [0.1, 0.15) is 6.04 Å². The lowest BCUT2D eigenvalue weighted by molar-refractivity contribution is -0.136. The molecule has 0 radical (unpaired) electrons. The second kappa shape index (κ2) is 5.90. The van der Waals surface area contributed by atoms with Gasteiger partial charge < -0.3 is 15.7 Å². The van der Waals surface area contributed by atoms with Gasteiger partial charge in [0, 0.05) is 18.0 Å². The third kappa shape index (κ3) is 3.26. The Hall–Kier alpha value is -2.11. The molecule has 0 aromatic rings. The van der Waals surface area contributed by atoms with Crippen LogP contribution in [0.2, 0.25) is 0 Å². The Morgan fingerprint density at radius 1 is 1.40 bits per heavy atom. The zero-order valence-corrected chi connectivity index (χ0v) is 11.8. The standard InChI is InChI=1S/C14H20N2O4/c1-4-14(2,3)11(18)8-10(17)13(20)16-7-5-6-9(16)12(15)19/h4,8-9,17H,1,5-7H2,2-3H3,(H2,15,19)/b10-8-/t9-/m0/s1. The summed E-state index contributed by atoms with van der Waals surface area (Å²) in [5.41, 5.74) is 4.33. The predicted octanol–water partition coefficient (Wildman–Crippen LogP) is 0.686. The number of likely N-dealkylation sites (tertiary alicyclic amines) is 1. The van der Waals surface area contributed by atoms with Crippen LogP contribution in [0.3, 0.4) is 0 Å². The summed E-state index contributed by atoms with van der Waals surface area (Å²) in [5.74, 6) is -2.48. The molecule has 1 aliphatic rings. The van der Waals surface area contributed by atoms with E-state index in [1.807, 2.05) is 0 Å². The van der Waals surface area contributed by atoms with E-state index in [-0.39, 0.29) is 0 Å². The number of hydrogen-bond donors (Lipinski definition) is 2. The smallest absolute Gasteiger partial charge is 0.289 e. The zero-order valence-electron chi connectivity index (χ0n) is 11.8. The molecule has 2 amide bonds. The highest BCUT2D eigenvalue weighted by molar-refractivity contribution is 6.03. The fraction of sp³-hybridized carbons (Fsp3) is 0.500. The number of nitrogens with two attached hydrogens (primary N) is 1. The number of aliphatic hydroxyl groups excluding tert-OH is 1. The minimum Gasteiger partial charge on any atom is -0.503 e. The lowest BCUT2D eigenvalue weighted by Crippen LogP contribution is -2.44. The van der Waals surface area contributed by atoms with Gasteiger partial charge in [0.05, 0.1) is 0 Å². The van der Waals surface area contributed by atoms with Crippen LogP contribution in [0, 0.1) is 5.41 Å². The SMILES string of the molecule is C=CC(C)(C)C(=O)/C=C(\O)C(=O)N1CCC[C@H]1C(N)=O. The van der Waals surface area contributed by atoms with Gasteiger partial charge in [-0.25, -0.2) is 0 Å². The molecule has 1 atom stereocenters. The number of nitrogens with zero attached hydrogens (tertiary/aromatic N) is 1. The number of primary amides is 1. The molecule has 1 heterocycles. The largest absolute Gasteiger partial charge is 0.503 e. The molecule has 3 N–H and O–H groups in total. The van der Waals surface area contributed by atoms with Crippen LogP contribution in [0.25, 0.3) is 0 Å². The lowest BCUT2D eigenvalue weighted by Gasteiger charge is -2.22. The number of carbonyl (C=O) groups excluding carboxylic acids is 3. The molecule has 6 nitrogen and oxygen atoms in total. The van der Waals surface area contributed by atoms with E-state index in [2.05, 4.69) is 6.58 Å². The summed E-state index contributed by atoms with van der Waals surface area (Å²) < 4.78 is 0. The number of ketones is 1. The van der Waals surface area contributed by atoms with Gasteiger partial charge >= 0.3 is 0 Å². The molecule has 20 heavy (non-hydrogen) atoms. The number of aliphatic hydroxyl groups is 1. The zero-order chi connectivity index (χ0) is 15.5. The van der Waals surface area contributed by atoms with Gasteiger partial charge in [-0.2, -0.15) is 0 Å². The summed E-state index contributed by atoms with van der Waals surface area (Å²) in [6.07, 6.45) is 3.42. The normalized spacial score (nSPS) is 19.8. The van der Waals surface area contributed by atoms with Gasteiger partial charge in [0.15, 0.2) is 11.5 Å². The van der Waals surface area contributed by atoms with Crippen LogP contribution in [0.5, 0.6) is 0 Å². The van der Waals surface area contributed by atoms with E-state index in [0.717, 1.165) is 6.08 Å². The molecule has 0 aromatic heterocycles. The number of hydrogen-bond acceptors (Lipinski definition) is 4. The molecule has 1 saturated heterocycles. The van der Waals surface area contributed by atoms with Gasteiger partial charge in [0.2, 0.25) is 5.91 Å². The Kier molecular flexibility index (Phi) is 4.70. The van der Waals surface area contributed by atoms with Gasteiger partial charge in [-0.1, -0.05) is 6.08 Å². The molecule has 0 unspecified atom stereocenters. The number of rotatable bonds is 5. The monoisotopic (exact) mass is 280 g/mol. The first-order valence-electron chi connectivity index (χ1n) is 6.39. The summed E-state index contributed by atoms with van der Waals surface area (Å²) in [4.78, 5) is 36.3. The van der Waals surface area contributed by atoms with Crippen molar-refractivity contribution in [3.8, 4) is 0 Å². The highest BCUT2D eigenvalue weighted by Gasteiger charge is 2.34. The Morgan fingerprint density at radius 3 is 2.50 bits per heavy atom. The maximum atomic E-state index is 12.0. The molecule has 1 fully saturated rings. The molecule has 0 aromatic carbocycles. The van der Waals surface area contributed by atoms with E-state index >= 15 is 0 Å². The molecule has 0 spiro atoms. The Morgan fingerprint density at radius 2 is 2.00 bits per heavy atom. The summed E-state index contributed by atoms with van der Waals surface area (Å²) in [5, 5.41) is 9.77. The average molecular weight is 280 g/mol. The summed E-state index contributed by atoms with van der Waals surface area (Å²) in [6.45, 7) is 7.11. The number of allylic oxidation sites excluding steroid dienone is 2. The van der Waals surface area contributed by atoms with Crippen LogP contribution in [0.4, 0.5) is 0 Å². The molecule has 1 rings (SSSR count). The van der Waals surface area contributed by atoms with Gasteiger partial charge in [-0.15, -0.1) is 6.58 Å². The first-order valence-corrected chi connectivity index (χ1v) is 6.39. The van der Waals surface area contributed by atoms with Crippen molar-refractivity contribution in [1.29, 1.82) is 0 Å². The van der Waals surface area contributed by atoms with Gasteiger partial charge in [-0.05, 0) is 26.7 Å². The highest BCUT2D eigenvalue weighted by Crippen LogP contribution is 2.21. The van der Waals surface area contributed by atoms with E-state index in [9.17, 15) is 19.5 Å². The minimum atomic E-state index is -0.873. The van der Waals surface area contributed by atoms with E-state index < -0.39 is 34.8 Å². The second-order valence-electron chi connectivity index (χ2n) is 5.38. The fourth-order valence-corrected chi connectivity index (χ4v) is 1.93. The van der Waals surface area contributed by atoms with Crippen molar-refractivity contribution in [3.05, 3.63) is 24.5 Å². The Labute approximate surface area is 117 Å². The molecule has 0 aliphatic carbocycles. The molecule has 110 valence electrons. The number of carbonyl (C=O) groups is 3. The Bertz CT molecular complexity index is 480. The quantitative estimate of drug-likeness (QED) is 0.439. The third-order valence-electron chi connectivity index (χ3n) is 3.47. The van der Waals surface area contributed by atoms with Crippen molar-refractivity contribution in [1.82, 2.24) is 4.90 Å². The summed E-state index contributed by atoms with van der Waals surface area (Å²) in [7, 11) is 0. The number of amides is 2. The molecule has 6 heteroatoms. The van der Waals surface area contributed by atoms with Crippen LogP contribution in [-0.2, 0) is 14.4 Å². The van der Waals surface area contributed by atoms with Crippen molar-refractivity contribution < 1.29 is 19.5 Å². The molecular formula is C14H20N2O4. The summed E-state index contributed by atoms with van der Waals surface area (Å²) >= 11 is 0. The van der Waals surface area contributed by atoms with Crippen molar-refractivity contribution in [2.45, 2.75) is 32.7 Å². The van der Waals surface area contributed by atoms with Crippen LogP contribution < -0.4 is 5.73 Å². The first kappa shape index (κ1) is 15.9. The van der Waals surface area contributed by atoms with Crippen molar-refractivity contribution in [3.63, 3.8) is 0 Å². The van der Waals surface area contributed by atoms with Crippen molar-refractivity contribution in [2.24, 2.45) is 11.1 Å². The Balaban J connectivity index is 2.89. The highest BCUT2D eigenvalue weighted by atomic mass is 16.3. The van der Waals surface area contributed by atoms with Gasteiger partial charge in [0.25, 0.3) is 5.91 Å². The molecule has 0 bridgehead atoms. The topological polar surface area (TPSA) is 101 Å². The first-order chi connectivity index (χ1) is 9.20. The minimum absolute atomic E-state index is 0.337. The maximum Gasteiger partial charge on any atom is 0.289 e. The molecule has 1 aliphatic heterocycles. The van der Waals surface area contributed by atoms with Gasteiger partial charge in [-0.3, -0.25) is 14.4 Å². The molecule has 0 saturated carbocycles. The van der Waals surface area contributed by atoms with Crippen molar-refractivity contribution in [2.75, 3.05) is 6.54 Å².